The fourth-order valence-corrected chi connectivity index (χ4v) is 2.34. The Balaban J connectivity index is 2.22. The first-order chi connectivity index (χ1) is 7.13. The van der Waals surface area contributed by atoms with Crippen LogP contribution in [-0.4, -0.2) is 18.0 Å². The lowest BCUT2D eigenvalue weighted by Crippen LogP contribution is -2.45. The van der Waals surface area contributed by atoms with Crippen molar-refractivity contribution >= 4 is 5.91 Å². The summed E-state index contributed by atoms with van der Waals surface area (Å²) >= 11 is 0. The molecule has 0 heterocycles. The first-order valence-electron chi connectivity index (χ1n) is 6.19. The lowest BCUT2D eigenvalue weighted by molar-refractivity contribution is -0.122. The van der Waals surface area contributed by atoms with Crippen molar-refractivity contribution in [3.63, 3.8) is 0 Å². The molecule has 1 amide bonds. The summed E-state index contributed by atoms with van der Waals surface area (Å²) in [5.41, 5.74) is 5.52. The van der Waals surface area contributed by atoms with E-state index in [1.807, 2.05) is 0 Å². The Hall–Kier alpha value is -0.570. The highest BCUT2D eigenvalue weighted by molar-refractivity contribution is 5.81. The molecule has 1 aliphatic carbocycles. The van der Waals surface area contributed by atoms with Crippen LogP contribution in [0.1, 0.15) is 52.4 Å². The molecule has 0 aliphatic heterocycles. The Labute approximate surface area is 92.8 Å². The lowest BCUT2D eigenvalue weighted by atomic mass is 9.83. The molecule has 1 fully saturated rings. The molecule has 0 bridgehead atoms. The van der Waals surface area contributed by atoms with Crippen molar-refractivity contribution in [1.82, 2.24) is 5.32 Å². The third-order valence-corrected chi connectivity index (χ3v) is 3.30. The maximum Gasteiger partial charge on any atom is 0.236 e. The lowest BCUT2D eigenvalue weighted by Gasteiger charge is -2.29. The van der Waals surface area contributed by atoms with E-state index in [-0.39, 0.29) is 11.9 Å². The normalized spacial score (nSPS) is 28.5. The van der Waals surface area contributed by atoms with E-state index in [0.29, 0.717) is 6.04 Å². The molecule has 0 unspecified atom stereocenters. The second-order valence-corrected chi connectivity index (χ2v) is 4.80. The zero-order valence-corrected chi connectivity index (χ0v) is 9.96. The summed E-state index contributed by atoms with van der Waals surface area (Å²) in [7, 11) is 0. The van der Waals surface area contributed by atoms with Crippen LogP contribution in [0.2, 0.25) is 0 Å². The van der Waals surface area contributed by atoms with Crippen LogP contribution in [0.3, 0.4) is 0 Å². The van der Waals surface area contributed by atoms with E-state index < -0.39 is 0 Å². The first kappa shape index (κ1) is 12.5. The molecular weight excluding hydrogens is 188 g/mol. The summed E-state index contributed by atoms with van der Waals surface area (Å²) < 4.78 is 0. The molecule has 3 N–H and O–H groups in total. The first-order valence-corrected chi connectivity index (χ1v) is 6.19. The Bertz CT molecular complexity index is 196. The van der Waals surface area contributed by atoms with Gasteiger partial charge in [-0.3, -0.25) is 4.79 Å². The van der Waals surface area contributed by atoms with Crippen molar-refractivity contribution in [3.05, 3.63) is 0 Å². The van der Waals surface area contributed by atoms with Crippen LogP contribution in [0.15, 0.2) is 0 Å². The Morgan fingerprint density at radius 3 is 2.47 bits per heavy atom. The van der Waals surface area contributed by atoms with Gasteiger partial charge in [0.1, 0.15) is 0 Å². The molecule has 1 rings (SSSR count). The molecule has 0 aromatic carbocycles. The van der Waals surface area contributed by atoms with Crippen molar-refractivity contribution in [1.29, 1.82) is 0 Å². The minimum Gasteiger partial charge on any atom is -0.352 e. The van der Waals surface area contributed by atoms with E-state index in [4.69, 9.17) is 5.73 Å². The van der Waals surface area contributed by atoms with Crippen LogP contribution >= 0.6 is 0 Å². The third kappa shape index (κ3) is 4.20. The molecule has 88 valence electrons. The molecular formula is C12H24N2O. The van der Waals surface area contributed by atoms with E-state index in [2.05, 4.69) is 12.2 Å². The minimum absolute atomic E-state index is 0.00561. The van der Waals surface area contributed by atoms with Gasteiger partial charge >= 0.3 is 0 Å². The summed E-state index contributed by atoms with van der Waals surface area (Å²) in [6.07, 6.45) is 7.40. The number of hydrogen-bond donors (Lipinski definition) is 2. The van der Waals surface area contributed by atoms with Gasteiger partial charge in [0.25, 0.3) is 0 Å². The van der Waals surface area contributed by atoms with E-state index >= 15 is 0 Å². The molecule has 0 spiro atoms. The van der Waals surface area contributed by atoms with Crippen LogP contribution in [0.5, 0.6) is 0 Å². The molecule has 1 atom stereocenters. The number of nitrogens with one attached hydrogen (secondary N) is 1. The molecule has 0 aromatic heterocycles. The second kappa shape index (κ2) is 6.11. The van der Waals surface area contributed by atoms with Crippen LogP contribution in [0.25, 0.3) is 0 Å². The molecule has 0 aromatic rings. The summed E-state index contributed by atoms with van der Waals surface area (Å²) in [6, 6.07) is -0.00466. The molecule has 1 aliphatic rings. The van der Waals surface area contributed by atoms with Gasteiger partial charge in [-0.05, 0) is 38.5 Å². The highest BCUT2D eigenvalue weighted by atomic mass is 16.2. The Morgan fingerprint density at radius 2 is 2.00 bits per heavy atom. The predicted octanol–water partition coefficient (Wildman–Crippen LogP) is 1.81. The second-order valence-electron chi connectivity index (χ2n) is 4.80. The highest BCUT2D eigenvalue weighted by Crippen LogP contribution is 2.27. The van der Waals surface area contributed by atoms with Crippen molar-refractivity contribution in [2.75, 3.05) is 0 Å². The summed E-state index contributed by atoms with van der Waals surface area (Å²) in [5, 5.41) is 3.02. The summed E-state index contributed by atoms with van der Waals surface area (Å²) in [4.78, 5) is 11.4. The van der Waals surface area contributed by atoms with E-state index in [1.54, 1.807) is 6.92 Å². The van der Waals surface area contributed by atoms with Crippen LogP contribution in [0.4, 0.5) is 0 Å². The standard InChI is InChI=1S/C12H24N2O/c1-3-4-10-5-7-11(8-6-10)14-12(15)9(2)13/h9-11H,3-8,13H2,1-2H3,(H,14,15)/t9-,10?,11?/m1/s1. The Morgan fingerprint density at radius 1 is 1.40 bits per heavy atom. The molecule has 1 saturated carbocycles. The van der Waals surface area contributed by atoms with Crippen molar-refractivity contribution in [3.8, 4) is 0 Å². The van der Waals surface area contributed by atoms with E-state index in [0.717, 1.165) is 18.8 Å². The van der Waals surface area contributed by atoms with Gasteiger partial charge in [-0.2, -0.15) is 0 Å². The quantitative estimate of drug-likeness (QED) is 0.746. The Kier molecular flexibility index (Phi) is 5.09. The zero-order chi connectivity index (χ0) is 11.3. The van der Waals surface area contributed by atoms with Gasteiger partial charge in [0, 0.05) is 6.04 Å². The maximum atomic E-state index is 11.4. The molecule has 3 heteroatoms. The van der Waals surface area contributed by atoms with Crippen LogP contribution in [0, 0.1) is 5.92 Å². The molecule has 15 heavy (non-hydrogen) atoms. The summed E-state index contributed by atoms with van der Waals surface area (Å²) in [5.74, 6) is 0.882. The number of nitrogens with two attached hydrogens (primary N) is 1. The van der Waals surface area contributed by atoms with Crippen LogP contribution < -0.4 is 11.1 Å². The molecule has 0 radical (unpaired) electrons. The monoisotopic (exact) mass is 212 g/mol. The number of rotatable bonds is 4. The SMILES string of the molecule is CCCC1CCC(NC(=O)[C@@H](C)N)CC1. The van der Waals surface area contributed by atoms with Crippen molar-refractivity contribution in [2.24, 2.45) is 11.7 Å². The van der Waals surface area contributed by atoms with E-state index in [9.17, 15) is 4.79 Å². The van der Waals surface area contributed by atoms with Gasteiger partial charge in [-0.25, -0.2) is 0 Å². The average molecular weight is 212 g/mol. The largest absolute Gasteiger partial charge is 0.352 e. The van der Waals surface area contributed by atoms with Gasteiger partial charge in [0.15, 0.2) is 0 Å². The predicted molar refractivity (Wildman–Crippen MR) is 62.4 cm³/mol. The number of carbonyl (C=O) groups excluding carboxylic acids is 1. The third-order valence-electron chi connectivity index (χ3n) is 3.30. The number of amides is 1. The average Bonchev–Trinajstić information content (AvgIpc) is 2.21. The van der Waals surface area contributed by atoms with Gasteiger partial charge < -0.3 is 11.1 Å². The van der Waals surface area contributed by atoms with Crippen molar-refractivity contribution < 1.29 is 4.79 Å². The smallest absolute Gasteiger partial charge is 0.236 e. The topological polar surface area (TPSA) is 55.1 Å². The molecule has 3 nitrogen and oxygen atoms in total. The molecule has 0 saturated heterocycles. The van der Waals surface area contributed by atoms with Crippen LogP contribution in [-0.2, 0) is 4.79 Å². The van der Waals surface area contributed by atoms with Gasteiger partial charge in [0.2, 0.25) is 5.91 Å². The van der Waals surface area contributed by atoms with Gasteiger partial charge in [-0.1, -0.05) is 19.8 Å². The zero-order valence-electron chi connectivity index (χ0n) is 9.96. The van der Waals surface area contributed by atoms with Crippen molar-refractivity contribution in [2.45, 2.75) is 64.5 Å². The fourth-order valence-electron chi connectivity index (χ4n) is 2.34. The van der Waals surface area contributed by atoms with E-state index in [1.165, 1.54) is 25.7 Å². The van der Waals surface area contributed by atoms with Gasteiger partial charge in [-0.15, -0.1) is 0 Å². The minimum atomic E-state index is -0.377. The highest BCUT2D eigenvalue weighted by Gasteiger charge is 2.22. The number of hydrogen-bond acceptors (Lipinski definition) is 2. The maximum absolute atomic E-state index is 11.4. The number of carbonyl (C=O) groups is 1. The summed E-state index contributed by atoms with van der Waals surface area (Å²) in [6.45, 7) is 3.97. The fraction of sp³-hybridized carbons (Fsp3) is 0.917. The van der Waals surface area contributed by atoms with Gasteiger partial charge in [0.05, 0.1) is 6.04 Å².